The molecule has 0 heterocycles. The van der Waals surface area contributed by atoms with Crippen molar-refractivity contribution in [2.75, 3.05) is 6.54 Å². The maximum absolute atomic E-state index is 11.2. The molecule has 0 bridgehead atoms. The number of carbonyl (C=O) groups excluding carboxylic acids is 2. The van der Waals surface area contributed by atoms with Crippen LogP contribution in [0.2, 0.25) is 0 Å². The fourth-order valence-electron chi connectivity index (χ4n) is 2.15. The van der Waals surface area contributed by atoms with E-state index in [2.05, 4.69) is 5.32 Å². The number of carbonyl (C=O) groups is 2. The average Bonchev–Trinajstić information content (AvgIpc) is 2.06. The molecule has 1 aliphatic rings. The first kappa shape index (κ1) is 11.2. The second-order valence-corrected chi connectivity index (χ2v) is 3.90. The molecule has 0 aromatic heterocycles. The van der Waals surface area contributed by atoms with Crippen LogP contribution in [0.1, 0.15) is 26.7 Å². The first-order valence-corrected chi connectivity index (χ1v) is 5.11. The van der Waals surface area contributed by atoms with Gasteiger partial charge in [-0.2, -0.15) is 0 Å². The monoisotopic (exact) mass is 198 g/mol. The summed E-state index contributed by atoms with van der Waals surface area (Å²) in [7, 11) is 0. The van der Waals surface area contributed by atoms with Gasteiger partial charge in [-0.1, -0.05) is 6.92 Å². The predicted octanol–water partition coefficient (Wildman–Crippen LogP) is 0.0650. The van der Waals surface area contributed by atoms with Crippen LogP contribution in [0.3, 0.4) is 0 Å². The summed E-state index contributed by atoms with van der Waals surface area (Å²) in [6.45, 7) is 4.32. The lowest BCUT2D eigenvalue weighted by molar-refractivity contribution is -0.135. The van der Waals surface area contributed by atoms with Gasteiger partial charge in [-0.25, -0.2) is 0 Å². The van der Waals surface area contributed by atoms with Crippen molar-refractivity contribution in [2.24, 2.45) is 17.6 Å². The minimum Gasteiger partial charge on any atom is -0.369 e. The molecule has 0 aromatic carbocycles. The first-order valence-electron chi connectivity index (χ1n) is 5.11. The molecule has 4 nitrogen and oxygen atoms in total. The molecule has 1 fully saturated rings. The topological polar surface area (TPSA) is 72.2 Å². The molecule has 1 amide bonds. The van der Waals surface area contributed by atoms with Crippen LogP contribution in [0.5, 0.6) is 0 Å². The second-order valence-electron chi connectivity index (χ2n) is 3.90. The smallest absolute Gasteiger partial charge is 0.228 e. The lowest BCUT2D eigenvalue weighted by Gasteiger charge is -2.40. The molecule has 1 saturated carbocycles. The molecule has 1 aliphatic carbocycles. The van der Waals surface area contributed by atoms with Crippen molar-refractivity contribution in [1.29, 1.82) is 0 Å². The Bertz CT molecular complexity index is 226. The number of hydrogen-bond acceptors (Lipinski definition) is 3. The van der Waals surface area contributed by atoms with E-state index in [9.17, 15) is 9.59 Å². The number of primary amides is 1. The Labute approximate surface area is 84.2 Å². The molecule has 3 atom stereocenters. The van der Waals surface area contributed by atoms with Crippen molar-refractivity contribution in [3.05, 3.63) is 0 Å². The third kappa shape index (κ3) is 2.12. The summed E-state index contributed by atoms with van der Waals surface area (Å²) in [5.41, 5.74) is 5.22. The van der Waals surface area contributed by atoms with E-state index in [0.29, 0.717) is 6.04 Å². The van der Waals surface area contributed by atoms with Crippen LogP contribution in [0, 0.1) is 11.8 Å². The molecule has 1 rings (SSSR count). The van der Waals surface area contributed by atoms with Crippen LogP contribution < -0.4 is 11.1 Å². The normalized spacial score (nSPS) is 27.9. The van der Waals surface area contributed by atoms with Crippen molar-refractivity contribution in [2.45, 2.75) is 32.7 Å². The van der Waals surface area contributed by atoms with Crippen molar-refractivity contribution in [1.82, 2.24) is 5.32 Å². The number of amides is 1. The summed E-state index contributed by atoms with van der Waals surface area (Å²) in [5.74, 6) is -1.06. The molecule has 0 aliphatic heterocycles. The number of Topliss-reactive ketones (excluding diaryl/α,β-unsaturated/α-hetero) is 1. The van der Waals surface area contributed by atoms with E-state index in [-0.39, 0.29) is 11.7 Å². The number of nitrogens with one attached hydrogen (secondary N) is 1. The van der Waals surface area contributed by atoms with Gasteiger partial charge in [-0.3, -0.25) is 9.59 Å². The largest absolute Gasteiger partial charge is 0.369 e. The van der Waals surface area contributed by atoms with Gasteiger partial charge < -0.3 is 11.1 Å². The predicted molar refractivity (Wildman–Crippen MR) is 53.6 cm³/mol. The van der Waals surface area contributed by atoms with Gasteiger partial charge in [0, 0.05) is 6.04 Å². The zero-order chi connectivity index (χ0) is 10.7. The van der Waals surface area contributed by atoms with E-state index in [0.717, 1.165) is 19.4 Å². The average molecular weight is 198 g/mol. The number of rotatable bonds is 5. The zero-order valence-electron chi connectivity index (χ0n) is 8.75. The van der Waals surface area contributed by atoms with Crippen LogP contribution in [-0.2, 0) is 9.59 Å². The zero-order valence-corrected chi connectivity index (χ0v) is 8.75. The lowest BCUT2D eigenvalue weighted by Crippen LogP contribution is -2.52. The van der Waals surface area contributed by atoms with Crippen LogP contribution in [0.25, 0.3) is 0 Å². The van der Waals surface area contributed by atoms with Gasteiger partial charge in [0.25, 0.3) is 0 Å². The molecule has 3 unspecified atom stereocenters. The number of ketones is 1. The summed E-state index contributed by atoms with van der Waals surface area (Å²) in [4.78, 5) is 22.3. The van der Waals surface area contributed by atoms with Gasteiger partial charge in [0.1, 0.15) is 11.7 Å². The van der Waals surface area contributed by atoms with E-state index < -0.39 is 11.8 Å². The van der Waals surface area contributed by atoms with Gasteiger partial charge in [0.2, 0.25) is 5.91 Å². The third-order valence-electron chi connectivity index (χ3n) is 2.97. The summed E-state index contributed by atoms with van der Waals surface area (Å²) >= 11 is 0. The molecular weight excluding hydrogens is 180 g/mol. The van der Waals surface area contributed by atoms with Crippen molar-refractivity contribution in [3.8, 4) is 0 Å². The van der Waals surface area contributed by atoms with Crippen molar-refractivity contribution >= 4 is 11.7 Å². The molecule has 14 heavy (non-hydrogen) atoms. The van der Waals surface area contributed by atoms with E-state index in [1.807, 2.05) is 6.92 Å². The van der Waals surface area contributed by atoms with E-state index >= 15 is 0 Å². The number of nitrogens with two attached hydrogens (primary N) is 1. The summed E-state index contributed by atoms with van der Waals surface area (Å²) in [5, 5.41) is 3.26. The highest BCUT2D eigenvalue weighted by Crippen LogP contribution is 2.34. The van der Waals surface area contributed by atoms with Gasteiger partial charge in [-0.15, -0.1) is 0 Å². The third-order valence-corrected chi connectivity index (χ3v) is 2.97. The molecule has 0 radical (unpaired) electrons. The van der Waals surface area contributed by atoms with Crippen LogP contribution in [0.4, 0.5) is 0 Å². The Morgan fingerprint density at radius 1 is 1.50 bits per heavy atom. The van der Waals surface area contributed by atoms with Crippen molar-refractivity contribution < 1.29 is 9.59 Å². The fraction of sp³-hybridized carbons (Fsp3) is 0.800. The molecule has 80 valence electrons. The second kappa shape index (κ2) is 4.55. The maximum Gasteiger partial charge on any atom is 0.228 e. The summed E-state index contributed by atoms with van der Waals surface area (Å²) in [6, 6.07) is 0.293. The number of hydrogen-bond donors (Lipinski definition) is 2. The van der Waals surface area contributed by atoms with E-state index in [1.54, 1.807) is 0 Å². The highest BCUT2D eigenvalue weighted by molar-refractivity contribution is 6.00. The molecule has 0 aromatic rings. The molecule has 0 spiro atoms. The Morgan fingerprint density at radius 2 is 2.14 bits per heavy atom. The highest BCUT2D eigenvalue weighted by atomic mass is 16.2. The van der Waals surface area contributed by atoms with Crippen LogP contribution >= 0.6 is 0 Å². The van der Waals surface area contributed by atoms with Gasteiger partial charge in [-0.05, 0) is 32.2 Å². The van der Waals surface area contributed by atoms with E-state index in [4.69, 9.17) is 5.73 Å². The first-order chi connectivity index (χ1) is 6.57. The minimum atomic E-state index is -0.590. The van der Waals surface area contributed by atoms with Gasteiger partial charge >= 0.3 is 0 Å². The van der Waals surface area contributed by atoms with Crippen LogP contribution in [-0.4, -0.2) is 24.3 Å². The standard InChI is InChI=1S/C10H18N2O2/c1-3-12-8-5-4-7(8)9(6(2)13)10(11)14/h7-9,12H,3-5H2,1-2H3,(H2,11,14). The lowest BCUT2D eigenvalue weighted by atomic mass is 9.70. The molecular formula is C10H18N2O2. The SMILES string of the molecule is CCNC1CCC1C(C(C)=O)C(N)=O. The van der Waals surface area contributed by atoms with Gasteiger partial charge in [0.15, 0.2) is 0 Å². The molecule has 3 N–H and O–H groups in total. The minimum absolute atomic E-state index is 0.106. The molecule has 0 saturated heterocycles. The van der Waals surface area contributed by atoms with Crippen LogP contribution in [0.15, 0.2) is 0 Å². The Morgan fingerprint density at radius 3 is 2.43 bits per heavy atom. The highest BCUT2D eigenvalue weighted by Gasteiger charge is 2.41. The summed E-state index contributed by atoms with van der Waals surface area (Å²) in [6.07, 6.45) is 1.96. The maximum atomic E-state index is 11.2. The van der Waals surface area contributed by atoms with E-state index in [1.165, 1.54) is 6.92 Å². The Balaban J connectivity index is 2.61. The Hall–Kier alpha value is -0.900. The van der Waals surface area contributed by atoms with Crippen molar-refractivity contribution in [3.63, 3.8) is 0 Å². The molecule has 4 heteroatoms. The quantitative estimate of drug-likeness (QED) is 0.614. The Kier molecular flexibility index (Phi) is 3.63. The van der Waals surface area contributed by atoms with Gasteiger partial charge in [0.05, 0.1) is 0 Å². The fourth-order valence-corrected chi connectivity index (χ4v) is 2.15. The summed E-state index contributed by atoms with van der Waals surface area (Å²) < 4.78 is 0.